The van der Waals surface area contributed by atoms with Crippen molar-refractivity contribution in [1.82, 2.24) is 10.2 Å². The van der Waals surface area contributed by atoms with Crippen molar-refractivity contribution in [3.8, 4) is 39.8 Å². The first-order valence-electron chi connectivity index (χ1n) is 22.2. The molecule has 0 spiro atoms. The van der Waals surface area contributed by atoms with E-state index in [0.717, 1.165) is 23.1 Å². The van der Waals surface area contributed by atoms with E-state index in [-0.39, 0.29) is 70.0 Å². The molecule has 0 saturated carbocycles. The summed E-state index contributed by atoms with van der Waals surface area (Å²) in [5, 5.41) is 12.1. The minimum absolute atomic E-state index is 0.0229. The fourth-order valence-corrected chi connectivity index (χ4v) is 8.23. The number of nitrogens with one attached hydrogen (secondary N) is 1. The number of hydrogen-bond acceptors (Lipinski definition) is 11. The van der Waals surface area contributed by atoms with E-state index < -0.39 is 41.5 Å². The molecule has 0 saturated heterocycles. The molecule has 1 heterocycles. The first-order chi connectivity index (χ1) is 30.8. The fraction of sp³-hybridized carbons (Fsp3) is 0.412. The van der Waals surface area contributed by atoms with E-state index in [9.17, 15) is 29.2 Å². The van der Waals surface area contributed by atoms with Crippen molar-refractivity contribution in [2.45, 2.75) is 84.2 Å². The zero-order valence-electron chi connectivity index (χ0n) is 37.5. The monoisotopic (exact) mass is 870 g/mol. The lowest BCUT2D eigenvalue weighted by Gasteiger charge is -2.32. The Labute approximate surface area is 376 Å². The summed E-state index contributed by atoms with van der Waals surface area (Å²) in [5.41, 5.74) is 24.4. The molecule has 4 aromatic rings. The van der Waals surface area contributed by atoms with Crippen LogP contribution >= 0.6 is 0 Å². The highest BCUT2D eigenvalue weighted by atomic mass is 16.5. The second-order valence-electron chi connectivity index (χ2n) is 16.5. The van der Waals surface area contributed by atoms with E-state index >= 15 is 0 Å². The Morgan fingerprint density at radius 2 is 1.52 bits per heavy atom. The van der Waals surface area contributed by atoms with Crippen LogP contribution in [0.3, 0.4) is 0 Å². The van der Waals surface area contributed by atoms with Crippen LogP contribution in [-0.2, 0) is 32.0 Å². The summed E-state index contributed by atoms with van der Waals surface area (Å²) in [5.74, 6) is -2.73. The Hall–Kier alpha value is -6.20. The third-order valence-corrected chi connectivity index (χ3v) is 11.8. The standard InChI is InChI=1S/C51H62N6O7/c1-5-34-10-13-36(14-11-34)37-15-17-40(32(2)26-37)45(59)31-39(8-6-20-52)51(62)57(4)49-38-16-19-48(64-25-23-55)42(30-38)41-28-35(12-18-47(41)63-24-22-54)29-43(44(58)9-7-21-53)56-50(61)33(3)27-46(49)60/h10-19,26,28,30,33,39,43,49H,5-9,20,22-25,27,29,31,52,54-55H2,1-4H3,(H,56,61)/t33-,39-,43+,49+/m1/s1. The molecule has 64 heavy (non-hydrogen) atoms. The first-order valence-corrected chi connectivity index (χ1v) is 22.2. The van der Waals surface area contributed by atoms with E-state index in [4.69, 9.17) is 26.7 Å². The van der Waals surface area contributed by atoms with Gasteiger partial charge in [-0.05, 0) is 96.8 Å². The summed E-state index contributed by atoms with van der Waals surface area (Å²) in [6.07, 6.45) is 1.34. The molecular weight excluding hydrogens is 809 g/mol. The van der Waals surface area contributed by atoms with Crippen LogP contribution in [0.25, 0.3) is 22.3 Å². The average molecular weight is 871 g/mol. The van der Waals surface area contributed by atoms with Crippen LogP contribution in [0.4, 0.5) is 0 Å². The lowest BCUT2D eigenvalue weighted by Crippen LogP contribution is -2.45. The Morgan fingerprint density at radius 3 is 2.14 bits per heavy atom. The molecule has 338 valence electrons. The maximum absolute atomic E-state index is 14.9. The number of carbonyl (C=O) groups excluding carboxylic acids is 5. The Balaban J connectivity index is 1.58. The summed E-state index contributed by atoms with van der Waals surface area (Å²) in [6, 6.07) is 24.4. The molecule has 1 aliphatic heterocycles. The summed E-state index contributed by atoms with van der Waals surface area (Å²) < 4.78 is 12.3. The number of hydrogen-bond donors (Lipinski definition) is 4. The van der Waals surface area contributed by atoms with Gasteiger partial charge in [0.1, 0.15) is 30.8 Å². The van der Waals surface area contributed by atoms with Gasteiger partial charge in [-0.3, -0.25) is 24.0 Å². The Kier molecular flexibility index (Phi) is 17.9. The lowest BCUT2D eigenvalue weighted by molar-refractivity contribution is -0.142. The SMILES string of the molecule is CCc1ccc(-c2ccc(C(=O)C[C@@H](CCCN)C(=O)N(C)[C@@H]3C(=O)C[C@@H](C)C(=O)N[C@H](C(=O)CCC#N)Cc4ccc(OCCN)c(c4)-c4cc3ccc4OCCN)c(C)c2)cc1. The van der Waals surface area contributed by atoms with Crippen LogP contribution in [0.2, 0.25) is 0 Å². The number of nitrogens with two attached hydrogens (primary N) is 3. The smallest absolute Gasteiger partial charge is 0.226 e. The summed E-state index contributed by atoms with van der Waals surface area (Å²) >= 11 is 0. The average Bonchev–Trinajstić information content (AvgIpc) is 3.30. The highest BCUT2D eigenvalue weighted by molar-refractivity contribution is 6.01. The second-order valence-corrected chi connectivity index (χ2v) is 16.5. The molecule has 13 nitrogen and oxygen atoms in total. The van der Waals surface area contributed by atoms with Gasteiger partial charge in [0.25, 0.3) is 0 Å². The van der Waals surface area contributed by atoms with E-state index in [1.807, 2.05) is 31.2 Å². The molecule has 7 N–H and O–H groups in total. The number of Topliss-reactive ketones (excluding diaryl/α,β-unsaturated/α-hetero) is 3. The van der Waals surface area contributed by atoms with Crippen molar-refractivity contribution < 1.29 is 33.4 Å². The van der Waals surface area contributed by atoms with Gasteiger partial charge in [-0.25, -0.2) is 0 Å². The van der Waals surface area contributed by atoms with Crippen LogP contribution in [0, 0.1) is 30.1 Å². The number of carbonyl (C=O) groups is 5. The number of aryl methyl sites for hydroxylation is 2. The van der Waals surface area contributed by atoms with Crippen molar-refractivity contribution in [1.29, 1.82) is 5.26 Å². The molecule has 1 aliphatic rings. The maximum Gasteiger partial charge on any atom is 0.226 e. The van der Waals surface area contributed by atoms with Gasteiger partial charge in [0.05, 0.1) is 12.1 Å². The lowest BCUT2D eigenvalue weighted by atomic mass is 9.87. The first kappa shape index (κ1) is 48.8. The minimum atomic E-state index is -1.20. The number of nitriles is 1. The third kappa shape index (κ3) is 12.3. The van der Waals surface area contributed by atoms with Gasteiger partial charge < -0.3 is 36.9 Å². The van der Waals surface area contributed by atoms with Crippen molar-refractivity contribution >= 4 is 29.2 Å². The second kappa shape index (κ2) is 23.5. The molecule has 13 heteroatoms. The van der Waals surface area contributed by atoms with Crippen LogP contribution in [0.15, 0.2) is 78.9 Å². The quantitative estimate of drug-likeness (QED) is 0.0777. The Morgan fingerprint density at radius 1 is 0.859 bits per heavy atom. The van der Waals surface area contributed by atoms with E-state index in [0.29, 0.717) is 58.7 Å². The fourth-order valence-electron chi connectivity index (χ4n) is 8.23. The number of rotatable bonds is 19. The molecule has 0 aliphatic carbocycles. The van der Waals surface area contributed by atoms with Crippen LogP contribution < -0.4 is 32.0 Å². The van der Waals surface area contributed by atoms with Crippen LogP contribution in [0.5, 0.6) is 11.5 Å². The maximum atomic E-state index is 14.9. The predicted octanol–water partition coefficient (Wildman–Crippen LogP) is 6.20. The normalized spacial score (nSPS) is 16.8. The van der Waals surface area contributed by atoms with Crippen molar-refractivity contribution in [3.63, 3.8) is 0 Å². The van der Waals surface area contributed by atoms with Gasteiger partial charge >= 0.3 is 0 Å². The van der Waals surface area contributed by atoms with Gasteiger partial charge in [0, 0.05) is 74.3 Å². The molecule has 0 fully saturated rings. The number of benzene rings is 4. The number of amides is 2. The molecule has 4 bridgehead atoms. The van der Waals surface area contributed by atoms with Crippen LogP contribution in [-0.4, -0.2) is 80.0 Å². The van der Waals surface area contributed by atoms with E-state index in [2.05, 4.69) is 36.5 Å². The highest BCUT2D eigenvalue weighted by Crippen LogP contribution is 2.41. The highest BCUT2D eigenvalue weighted by Gasteiger charge is 2.36. The van der Waals surface area contributed by atoms with E-state index in [1.165, 1.54) is 10.5 Å². The molecule has 0 unspecified atom stereocenters. The van der Waals surface area contributed by atoms with Gasteiger partial charge in [-0.1, -0.05) is 68.4 Å². The van der Waals surface area contributed by atoms with Crippen molar-refractivity contribution in [3.05, 3.63) is 107 Å². The molecule has 2 amide bonds. The zero-order valence-corrected chi connectivity index (χ0v) is 37.5. The summed E-state index contributed by atoms with van der Waals surface area (Å²) in [7, 11) is 1.54. The third-order valence-electron chi connectivity index (χ3n) is 11.8. The molecular formula is C51H62N6O7. The number of likely N-dealkylation sites (N-methyl/N-ethyl adjacent to an activating group) is 1. The number of nitrogens with zero attached hydrogens (tertiary/aromatic N) is 2. The zero-order chi connectivity index (χ0) is 46.3. The minimum Gasteiger partial charge on any atom is -0.492 e. The molecule has 4 aromatic carbocycles. The summed E-state index contributed by atoms with van der Waals surface area (Å²) in [6.45, 7) is 6.70. The number of ether oxygens (including phenoxy) is 2. The molecule has 0 radical (unpaired) electrons. The topological polar surface area (TPSA) is 221 Å². The van der Waals surface area contributed by atoms with Gasteiger partial charge in [-0.15, -0.1) is 0 Å². The van der Waals surface area contributed by atoms with Gasteiger partial charge in [0.2, 0.25) is 11.8 Å². The van der Waals surface area contributed by atoms with Crippen molar-refractivity contribution in [2.75, 3.05) is 39.9 Å². The molecule has 5 rings (SSSR count). The molecule has 0 aromatic heterocycles. The van der Waals surface area contributed by atoms with Crippen molar-refractivity contribution in [2.24, 2.45) is 29.0 Å². The number of ketones is 3. The molecule has 4 atom stereocenters. The van der Waals surface area contributed by atoms with Gasteiger partial charge in [0.15, 0.2) is 17.3 Å². The summed E-state index contributed by atoms with van der Waals surface area (Å²) in [4.78, 5) is 72.4. The van der Waals surface area contributed by atoms with Gasteiger partial charge in [-0.2, -0.15) is 5.26 Å². The van der Waals surface area contributed by atoms with Crippen LogP contribution in [0.1, 0.15) is 91.0 Å². The largest absolute Gasteiger partial charge is 0.492 e. The van der Waals surface area contributed by atoms with E-state index in [1.54, 1.807) is 50.4 Å². The number of fused-ring (bicyclic) bond motifs is 5. The predicted molar refractivity (Wildman–Crippen MR) is 247 cm³/mol. The Bertz CT molecular complexity index is 2340.